The van der Waals surface area contributed by atoms with E-state index in [1.54, 1.807) is 25.6 Å². The van der Waals surface area contributed by atoms with Crippen LogP contribution in [-0.2, 0) is 13.2 Å². The summed E-state index contributed by atoms with van der Waals surface area (Å²) >= 11 is 0.915. The van der Waals surface area contributed by atoms with E-state index < -0.39 is 11.9 Å². The minimum Gasteiger partial charge on any atom is -0.497 e. The lowest BCUT2D eigenvalue weighted by Gasteiger charge is -2.09. The number of aryl methyl sites for hydroxylation is 1. The highest BCUT2D eigenvalue weighted by Gasteiger charge is 2.22. The van der Waals surface area contributed by atoms with Gasteiger partial charge < -0.3 is 20.5 Å². The number of anilines is 1. The predicted molar refractivity (Wildman–Crippen MR) is 113 cm³/mol. The molecular formula is C20H21N5O4S. The first-order valence-electron chi connectivity index (χ1n) is 8.97. The van der Waals surface area contributed by atoms with E-state index in [0.717, 1.165) is 28.2 Å². The van der Waals surface area contributed by atoms with Crippen molar-refractivity contribution in [1.29, 1.82) is 0 Å². The van der Waals surface area contributed by atoms with E-state index in [0.29, 0.717) is 5.75 Å². The van der Waals surface area contributed by atoms with E-state index in [2.05, 4.69) is 20.0 Å². The molecule has 0 bridgehead atoms. The number of nitrogens with zero attached hydrogens (tertiary/aromatic N) is 2. The highest BCUT2D eigenvalue weighted by Crippen LogP contribution is 2.30. The predicted octanol–water partition coefficient (Wildman–Crippen LogP) is 2.85. The fourth-order valence-electron chi connectivity index (χ4n) is 2.69. The van der Waals surface area contributed by atoms with Gasteiger partial charge in [0.2, 0.25) is 5.88 Å². The molecule has 0 spiro atoms. The maximum atomic E-state index is 12.3. The standard InChI is InChI=1S/C20H21N5O4S/c1-12-6-14(8-15(7-12)28-2)10-23-20(27)24-19-16(17(21)26)18(25-30-19)29-11-13-4-3-5-22-9-13/h3-9H,10-11H2,1-2H3,(H2,21,26)(H2,23,24,27). The monoisotopic (exact) mass is 427 g/mol. The Labute approximate surface area is 177 Å². The van der Waals surface area contributed by atoms with E-state index in [-0.39, 0.29) is 29.6 Å². The maximum absolute atomic E-state index is 12.3. The van der Waals surface area contributed by atoms with Crippen molar-refractivity contribution in [1.82, 2.24) is 14.7 Å². The van der Waals surface area contributed by atoms with Crippen LogP contribution in [-0.4, -0.2) is 28.4 Å². The Morgan fingerprint density at radius 2 is 2.07 bits per heavy atom. The van der Waals surface area contributed by atoms with Crippen molar-refractivity contribution in [3.05, 3.63) is 65.0 Å². The maximum Gasteiger partial charge on any atom is 0.320 e. The SMILES string of the molecule is COc1cc(C)cc(CNC(=O)Nc2snc(OCc3cccnc3)c2C(N)=O)c1. The minimum atomic E-state index is -0.747. The quantitative estimate of drug-likeness (QED) is 0.507. The van der Waals surface area contributed by atoms with Crippen LogP contribution in [0.5, 0.6) is 11.6 Å². The summed E-state index contributed by atoms with van der Waals surface area (Å²) in [4.78, 5) is 28.2. The van der Waals surface area contributed by atoms with E-state index >= 15 is 0 Å². The van der Waals surface area contributed by atoms with Crippen molar-refractivity contribution >= 4 is 28.5 Å². The summed E-state index contributed by atoms with van der Waals surface area (Å²) in [5.74, 6) is 0.0276. The smallest absolute Gasteiger partial charge is 0.320 e. The summed E-state index contributed by atoms with van der Waals surface area (Å²) in [7, 11) is 1.59. The molecule has 0 atom stereocenters. The first-order chi connectivity index (χ1) is 14.5. The third-order valence-corrected chi connectivity index (χ3v) is 4.78. The lowest BCUT2D eigenvalue weighted by atomic mass is 10.1. The van der Waals surface area contributed by atoms with Crippen LogP contribution >= 0.6 is 11.5 Å². The second-order valence-electron chi connectivity index (χ2n) is 6.37. The first kappa shape index (κ1) is 21.1. The van der Waals surface area contributed by atoms with Gasteiger partial charge in [0, 0.05) is 24.5 Å². The normalized spacial score (nSPS) is 10.3. The van der Waals surface area contributed by atoms with Gasteiger partial charge in [0.05, 0.1) is 7.11 Å². The number of pyridine rings is 1. The Morgan fingerprint density at radius 1 is 1.23 bits per heavy atom. The molecule has 9 nitrogen and oxygen atoms in total. The van der Waals surface area contributed by atoms with Crippen LogP contribution in [0.3, 0.4) is 0 Å². The number of nitrogens with two attached hydrogens (primary N) is 1. The number of nitrogens with one attached hydrogen (secondary N) is 2. The van der Waals surface area contributed by atoms with Crippen molar-refractivity contribution < 1.29 is 19.1 Å². The van der Waals surface area contributed by atoms with Crippen molar-refractivity contribution in [2.75, 3.05) is 12.4 Å². The highest BCUT2D eigenvalue weighted by molar-refractivity contribution is 7.11. The molecule has 3 rings (SSSR count). The molecule has 0 radical (unpaired) electrons. The van der Waals surface area contributed by atoms with Gasteiger partial charge in [-0.3, -0.25) is 15.1 Å². The van der Waals surface area contributed by atoms with E-state index in [1.807, 2.05) is 31.2 Å². The number of aromatic nitrogens is 2. The summed E-state index contributed by atoms with van der Waals surface area (Å²) in [5, 5.41) is 5.55. The highest BCUT2D eigenvalue weighted by atomic mass is 32.1. The summed E-state index contributed by atoms with van der Waals surface area (Å²) in [6, 6.07) is 8.77. The Kier molecular flexibility index (Phi) is 6.81. The number of carbonyl (C=O) groups excluding carboxylic acids is 2. The summed E-state index contributed by atoms with van der Waals surface area (Å²) in [5.41, 5.74) is 8.19. The van der Waals surface area contributed by atoms with Crippen molar-refractivity contribution in [2.24, 2.45) is 5.73 Å². The second-order valence-corrected chi connectivity index (χ2v) is 7.15. The van der Waals surface area contributed by atoms with E-state index in [1.165, 1.54) is 0 Å². The van der Waals surface area contributed by atoms with Crippen LogP contribution in [0.15, 0.2) is 42.7 Å². The van der Waals surface area contributed by atoms with Gasteiger partial charge in [0.15, 0.2) is 0 Å². The molecule has 2 heterocycles. The molecule has 156 valence electrons. The third-order valence-electron chi connectivity index (χ3n) is 4.03. The lowest BCUT2D eigenvalue weighted by Crippen LogP contribution is -2.29. The van der Waals surface area contributed by atoms with E-state index in [4.69, 9.17) is 15.2 Å². The zero-order valence-corrected chi connectivity index (χ0v) is 17.3. The number of methoxy groups -OCH3 is 1. The van der Waals surface area contributed by atoms with Crippen molar-refractivity contribution in [3.63, 3.8) is 0 Å². The Morgan fingerprint density at radius 3 is 2.77 bits per heavy atom. The van der Waals surface area contributed by atoms with Gasteiger partial charge >= 0.3 is 6.03 Å². The number of benzene rings is 1. The molecule has 1 aromatic carbocycles. The van der Waals surface area contributed by atoms with Crippen molar-refractivity contribution in [3.8, 4) is 11.6 Å². The summed E-state index contributed by atoms with van der Waals surface area (Å²) in [6.45, 7) is 2.38. The number of ether oxygens (including phenoxy) is 2. The number of urea groups is 1. The number of hydrogen-bond acceptors (Lipinski definition) is 7. The van der Waals surface area contributed by atoms with Crippen molar-refractivity contribution in [2.45, 2.75) is 20.1 Å². The molecule has 2 aromatic heterocycles. The van der Waals surface area contributed by atoms with Gasteiger partial charge in [-0.25, -0.2) is 4.79 Å². The molecule has 3 aromatic rings. The average molecular weight is 427 g/mol. The largest absolute Gasteiger partial charge is 0.497 e. The molecule has 0 aliphatic rings. The molecule has 3 amide bonds. The lowest BCUT2D eigenvalue weighted by molar-refractivity contribution is 0.0996. The molecule has 10 heteroatoms. The third kappa shape index (κ3) is 5.45. The summed E-state index contributed by atoms with van der Waals surface area (Å²) in [6.07, 6.45) is 3.29. The number of hydrogen-bond donors (Lipinski definition) is 3. The Balaban J connectivity index is 1.64. The first-order valence-corrected chi connectivity index (χ1v) is 9.74. The van der Waals surface area contributed by atoms with Crippen LogP contribution < -0.4 is 25.8 Å². The van der Waals surface area contributed by atoms with Gasteiger partial charge in [0.1, 0.15) is 22.9 Å². The number of carbonyl (C=O) groups is 2. The molecule has 0 saturated carbocycles. The molecule has 4 N–H and O–H groups in total. The van der Waals surface area contributed by atoms with Crippen LogP contribution in [0.4, 0.5) is 9.80 Å². The molecule has 0 fully saturated rings. The summed E-state index contributed by atoms with van der Waals surface area (Å²) < 4.78 is 14.9. The number of primary amides is 1. The topological polar surface area (TPSA) is 128 Å². The zero-order chi connectivity index (χ0) is 21.5. The van der Waals surface area contributed by atoms with Crippen LogP contribution in [0, 0.1) is 6.92 Å². The van der Waals surface area contributed by atoms with Gasteiger partial charge in [-0.15, -0.1) is 0 Å². The van der Waals surface area contributed by atoms with Gasteiger partial charge in [-0.05, 0) is 47.8 Å². The fraction of sp³-hybridized carbons (Fsp3) is 0.200. The molecule has 0 saturated heterocycles. The zero-order valence-electron chi connectivity index (χ0n) is 16.5. The van der Waals surface area contributed by atoms with Crippen LogP contribution in [0.2, 0.25) is 0 Å². The molecule has 0 aliphatic heterocycles. The van der Waals surface area contributed by atoms with E-state index in [9.17, 15) is 9.59 Å². The molecular weight excluding hydrogens is 406 g/mol. The molecule has 0 unspecified atom stereocenters. The molecule has 0 aliphatic carbocycles. The van der Waals surface area contributed by atoms with Crippen LogP contribution in [0.25, 0.3) is 0 Å². The van der Waals surface area contributed by atoms with Gasteiger partial charge in [0.25, 0.3) is 5.91 Å². The Hall–Kier alpha value is -3.66. The number of amides is 3. The Bertz CT molecular complexity index is 1040. The second kappa shape index (κ2) is 9.70. The minimum absolute atomic E-state index is 0.0243. The molecule has 30 heavy (non-hydrogen) atoms. The average Bonchev–Trinajstić information content (AvgIpc) is 3.13. The van der Waals surface area contributed by atoms with Crippen LogP contribution in [0.1, 0.15) is 27.0 Å². The fourth-order valence-corrected chi connectivity index (χ4v) is 3.42. The van der Waals surface area contributed by atoms with Gasteiger partial charge in [-0.1, -0.05) is 12.1 Å². The van der Waals surface area contributed by atoms with Gasteiger partial charge in [-0.2, -0.15) is 4.37 Å². The number of rotatable bonds is 8.